The first-order valence-corrected chi connectivity index (χ1v) is 7.97. The average Bonchev–Trinajstić information content (AvgIpc) is 2.39. The van der Waals surface area contributed by atoms with Crippen molar-refractivity contribution in [1.29, 1.82) is 0 Å². The van der Waals surface area contributed by atoms with Gasteiger partial charge in [0, 0.05) is 18.1 Å². The van der Waals surface area contributed by atoms with Gasteiger partial charge in [-0.05, 0) is 51.0 Å². The summed E-state index contributed by atoms with van der Waals surface area (Å²) in [5.74, 6) is 1.59. The van der Waals surface area contributed by atoms with Crippen molar-refractivity contribution in [1.82, 2.24) is 4.90 Å². The number of piperidine rings is 1. The number of nitrogens with two attached hydrogens (primary N) is 1. The van der Waals surface area contributed by atoms with Gasteiger partial charge in [0.25, 0.3) is 0 Å². The van der Waals surface area contributed by atoms with E-state index in [0.717, 1.165) is 18.4 Å². The molecule has 1 aliphatic heterocycles. The normalized spacial score (nSPS) is 31.0. The van der Waals surface area contributed by atoms with Gasteiger partial charge in [0.05, 0.1) is 0 Å². The molecule has 4 unspecified atom stereocenters. The first-order chi connectivity index (χ1) is 8.50. The molecular formula is C16H34N2. The van der Waals surface area contributed by atoms with Gasteiger partial charge in [0.2, 0.25) is 0 Å². The number of hydrogen-bond acceptors (Lipinski definition) is 2. The first-order valence-electron chi connectivity index (χ1n) is 7.97. The third-order valence-corrected chi connectivity index (χ3v) is 5.45. The maximum Gasteiger partial charge on any atom is 0.0334 e. The maximum atomic E-state index is 6.22. The fourth-order valence-electron chi connectivity index (χ4n) is 3.61. The van der Waals surface area contributed by atoms with Gasteiger partial charge in [0.15, 0.2) is 0 Å². The lowest BCUT2D eigenvalue weighted by Crippen LogP contribution is -2.60. The van der Waals surface area contributed by atoms with Crippen LogP contribution in [0.15, 0.2) is 0 Å². The number of nitrogens with zero attached hydrogens (tertiary/aromatic N) is 1. The van der Waals surface area contributed by atoms with Gasteiger partial charge in [-0.1, -0.05) is 34.1 Å². The number of rotatable bonds is 6. The van der Waals surface area contributed by atoms with Crippen LogP contribution in [-0.2, 0) is 0 Å². The minimum absolute atomic E-state index is 0.240. The summed E-state index contributed by atoms with van der Waals surface area (Å²) in [6, 6.07) is 0.686. The third-order valence-electron chi connectivity index (χ3n) is 5.45. The molecule has 4 atom stereocenters. The van der Waals surface area contributed by atoms with Crippen LogP contribution in [0.3, 0.4) is 0 Å². The van der Waals surface area contributed by atoms with E-state index in [2.05, 4.69) is 39.5 Å². The van der Waals surface area contributed by atoms with Crippen molar-refractivity contribution in [2.75, 3.05) is 13.1 Å². The van der Waals surface area contributed by atoms with E-state index < -0.39 is 0 Å². The summed E-state index contributed by atoms with van der Waals surface area (Å²) < 4.78 is 0. The Morgan fingerprint density at radius 3 is 2.50 bits per heavy atom. The van der Waals surface area contributed by atoms with Crippen molar-refractivity contribution < 1.29 is 0 Å². The summed E-state index contributed by atoms with van der Waals surface area (Å²) in [7, 11) is 0. The largest absolute Gasteiger partial charge is 0.329 e. The summed E-state index contributed by atoms with van der Waals surface area (Å²) in [6.45, 7) is 13.8. The lowest BCUT2D eigenvalue weighted by molar-refractivity contribution is -0.0117. The maximum absolute atomic E-state index is 6.22. The highest BCUT2D eigenvalue weighted by Crippen LogP contribution is 2.35. The Hall–Kier alpha value is -0.0800. The standard InChI is InChI=1S/C16H34N2/c1-6-13(3)11-16(7-2,12-17)18-10-8-9-14(4)15(18)5/h13-15H,6-12,17H2,1-5H3. The molecule has 0 aromatic heterocycles. The van der Waals surface area contributed by atoms with E-state index in [1.807, 2.05) is 0 Å². The zero-order chi connectivity index (χ0) is 13.8. The van der Waals surface area contributed by atoms with Gasteiger partial charge < -0.3 is 5.73 Å². The second-order valence-electron chi connectivity index (χ2n) is 6.55. The van der Waals surface area contributed by atoms with E-state index in [-0.39, 0.29) is 5.54 Å². The van der Waals surface area contributed by atoms with Crippen LogP contribution in [0.2, 0.25) is 0 Å². The topological polar surface area (TPSA) is 29.3 Å². The molecule has 2 nitrogen and oxygen atoms in total. The van der Waals surface area contributed by atoms with Crippen LogP contribution in [0.4, 0.5) is 0 Å². The van der Waals surface area contributed by atoms with E-state index >= 15 is 0 Å². The molecule has 0 amide bonds. The molecule has 1 fully saturated rings. The van der Waals surface area contributed by atoms with E-state index in [9.17, 15) is 0 Å². The zero-order valence-electron chi connectivity index (χ0n) is 13.2. The van der Waals surface area contributed by atoms with Gasteiger partial charge in [-0.3, -0.25) is 4.90 Å². The minimum Gasteiger partial charge on any atom is -0.329 e. The van der Waals surface area contributed by atoms with E-state index in [4.69, 9.17) is 5.73 Å². The molecule has 2 N–H and O–H groups in total. The summed E-state index contributed by atoms with van der Waals surface area (Å²) in [5, 5.41) is 0. The van der Waals surface area contributed by atoms with Crippen LogP contribution >= 0.6 is 0 Å². The first kappa shape index (κ1) is 16.0. The van der Waals surface area contributed by atoms with Crippen LogP contribution in [0.5, 0.6) is 0 Å². The minimum atomic E-state index is 0.240. The van der Waals surface area contributed by atoms with Crippen molar-refractivity contribution in [3.05, 3.63) is 0 Å². The summed E-state index contributed by atoms with van der Waals surface area (Å²) >= 11 is 0. The molecule has 1 rings (SSSR count). The molecule has 0 aromatic rings. The monoisotopic (exact) mass is 254 g/mol. The molecule has 2 heteroatoms. The van der Waals surface area contributed by atoms with Gasteiger partial charge >= 0.3 is 0 Å². The van der Waals surface area contributed by atoms with Crippen molar-refractivity contribution in [2.24, 2.45) is 17.6 Å². The molecule has 0 aromatic carbocycles. The molecule has 1 heterocycles. The molecular weight excluding hydrogens is 220 g/mol. The predicted molar refractivity (Wildman–Crippen MR) is 80.7 cm³/mol. The Balaban J connectivity index is 2.87. The molecule has 18 heavy (non-hydrogen) atoms. The highest BCUT2D eigenvalue weighted by Gasteiger charge is 2.40. The molecule has 1 aliphatic rings. The number of likely N-dealkylation sites (tertiary alicyclic amines) is 1. The molecule has 1 saturated heterocycles. The van der Waals surface area contributed by atoms with E-state index in [1.165, 1.54) is 38.6 Å². The molecule has 0 bridgehead atoms. The molecule has 0 radical (unpaired) electrons. The Morgan fingerprint density at radius 1 is 1.33 bits per heavy atom. The smallest absolute Gasteiger partial charge is 0.0334 e. The van der Waals surface area contributed by atoms with Gasteiger partial charge in [-0.25, -0.2) is 0 Å². The highest BCUT2D eigenvalue weighted by molar-refractivity contribution is 4.96. The zero-order valence-corrected chi connectivity index (χ0v) is 13.2. The predicted octanol–water partition coefficient (Wildman–Crippen LogP) is 3.65. The second kappa shape index (κ2) is 6.91. The lowest BCUT2D eigenvalue weighted by Gasteiger charge is -2.51. The van der Waals surface area contributed by atoms with Gasteiger partial charge in [-0.15, -0.1) is 0 Å². The quantitative estimate of drug-likeness (QED) is 0.784. The third kappa shape index (κ3) is 3.27. The van der Waals surface area contributed by atoms with Crippen LogP contribution in [0.1, 0.15) is 66.7 Å². The SMILES string of the molecule is CCC(C)CC(CC)(CN)N1CCCC(C)C1C. The fourth-order valence-corrected chi connectivity index (χ4v) is 3.61. The van der Waals surface area contributed by atoms with Crippen LogP contribution in [0, 0.1) is 11.8 Å². The Kier molecular flexibility index (Phi) is 6.13. The Morgan fingerprint density at radius 2 is 2.00 bits per heavy atom. The van der Waals surface area contributed by atoms with Crippen molar-refractivity contribution in [2.45, 2.75) is 78.3 Å². The van der Waals surface area contributed by atoms with E-state index in [0.29, 0.717) is 6.04 Å². The molecule has 108 valence electrons. The van der Waals surface area contributed by atoms with Crippen LogP contribution in [0.25, 0.3) is 0 Å². The van der Waals surface area contributed by atoms with Gasteiger partial charge in [0.1, 0.15) is 0 Å². The second-order valence-corrected chi connectivity index (χ2v) is 6.55. The van der Waals surface area contributed by atoms with Crippen molar-refractivity contribution >= 4 is 0 Å². The summed E-state index contributed by atoms with van der Waals surface area (Å²) in [4.78, 5) is 2.74. The van der Waals surface area contributed by atoms with Gasteiger partial charge in [-0.2, -0.15) is 0 Å². The fraction of sp³-hybridized carbons (Fsp3) is 1.00. The van der Waals surface area contributed by atoms with Crippen molar-refractivity contribution in [3.63, 3.8) is 0 Å². The van der Waals surface area contributed by atoms with Crippen LogP contribution < -0.4 is 5.73 Å². The summed E-state index contributed by atoms with van der Waals surface area (Å²) in [5.41, 5.74) is 6.46. The molecule has 0 aliphatic carbocycles. The highest BCUT2D eigenvalue weighted by atomic mass is 15.2. The molecule has 0 saturated carbocycles. The van der Waals surface area contributed by atoms with Crippen molar-refractivity contribution in [3.8, 4) is 0 Å². The molecule has 0 spiro atoms. The average molecular weight is 254 g/mol. The van der Waals surface area contributed by atoms with Crippen LogP contribution in [-0.4, -0.2) is 29.6 Å². The summed E-state index contributed by atoms with van der Waals surface area (Å²) in [6.07, 6.45) is 6.43. The number of hydrogen-bond donors (Lipinski definition) is 1. The lowest BCUT2D eigenvalue weighted by atomic mass is 9.79. The van der Waals surface area contributed by atoms with E-state index in [1.54, 1.807) is 0 Å². The Labute approximate surface area is 114 Å². The Bertz CT molecular complexity index is 235.